The van der Waals surface area contributed by atoms with E-state index in [9.17, 15) is 0 Å². The molecular weight excluding hydrogens is 304 g/mol. The molecule has 2 aromatic heterocycles. The minimum absolute atomic E-state index is 0.646. The summed E-state index contributed by atoms with van der Waals surface area (Å²) in [7, 11) is 1.67. The van der Waals surface area contributed by atoms with E-state index in [1.54, 1.807) is 19.5 Å². The average molecular weight is 315 g/mol. The van der Waals surface area contributed by atoms with Crippen LogP contribution < -0.4 is 5.32 Å². The molecule has 0 aromatic carbocycles. The Morgan fingerprint density at radius 2 is 2.35 bits per heavy atom. The van der Waals surface area contributed by atoms with E-state index in [1.807, 2.05) is 6.07 Å². The standard InChI is InChI=1S/C10H11BrN4OS/c1-16-3-2-13-10-14-9(15-17-10)7-4-8(11)6-12-5-7/h4-6H,2-3H2,1H3,(H,13,14,15). The Kier molecular flexibility index (Phi) is 4.41. The zero-order valence-corrected chi connectivity index (χ0v) is 11.6. The van der Waals surface area contributed by atoms with Crippen molar-refractivity contribution in [3.05, 3.63) is 22.9 Å². The fourth-order valence-electron chi connectivity index (χ4n) is 1.21. The molecule has 0 unspecified atom stereocenters. The maximum absolute atomic E-state index is 4.95. The van der Waals surface area contributed by atoms with Crippen molar-refractivity contribution in [1.82, 2.24) is 14.3 Å². The lowest BCUT2D eigenvalue weighted by Crippen LogP contribution is -2.06. The number of ether oxygens (including phenoxy) is 1. The maximum atomic E-state index is 4.95. The van der Waals surface area contributed by atoms with E-state index >= 15 is 0 Å². The topological polar surface area (TPSA) is 59.9 Å². The van der Waals surface area contributed by atoms with Crippen LogP contribution in [-0.2, 0) is 4.74 Å². The Morgan fingerprint density at radius 3 is 3.12 bits per heavy atom. The molecule has 2 aromatic rings. The summed E-state index contributed by atoms with van der Waals surface area (Å²) in [6.45, 7) is 1.37. The van der Waals surface area contributed by atoms with Crippen molar-refractivity contribution in [2.75, 3.05) is 25.6 Å². The van der Waals surface area contributed by atoms with Crippen molar-refractivity contribution < 1.29 is 4.74 Å². The Hall–Kier alpha value is -1.05. The van der Waals surface area contributed by atoms with Crippen LogP contribution in [0.5, 0.6) is 0 Å². The molecule has 2 rings (SSSR count). The van der Waals surface area contributed by atoms with Gasteiger partial charge in [-0.25, -0.2) is 0 Å². The number of methoxy groups -OCH3 is 1. The first-order chi connectivity index (χ1) is 8.29. The first kappa shape index (κ1) is 12.4. The summed E-state index contributed by atoms with van der Waals surface area (Å²) in [5.74, 6) is 0.684. The first-order valence-corrected chi connectivity index (χ1v) is 6.53. The summed E-state index contributed by atoms with van der Waals surface area (Å²) >= 11 is 4.70. The lowest BCUT2D eigenvalue weighted by atomic mass is 10.3. The third-order valence-corrected chi connectivity index (χ3v) is 3.08. The number of aromatic nitrogens is 3. The predicted molar refractivity (Wildman–Crippen MR) is 71.2 cm³/mol. The Bertz CT molecular complexity index is 491. The molecule has 1 N–H and O–H groups in total. The lowest BCUT2D eigenvalue weighted by molar-refractivity contribution is 0.211. The van der Waals surface area contributed by atoms with Gasteiger partial charge >= 0.3 is 0 Å². The monoisotopic (exact) mass is 314 g/mol. The summed E-state index contributed by atoms with van der Waals surface area (Å²) in [5.41, 5.74) is 0.899. The SMILES string of the molecule is COCCNc1nc(-c2cncc(Br)c2)ns1. The fourth-order valence-corrected chi connectivity index (χ4v) is 2.18. The van der Waals surface area contributed by atoms with Crippen LogP contribution in [0.1, 0.15) is 0 Å². The maximum Gasteiger partial charge on any atom is 0.202 e. The van der Waals surface area contributed by atoms with Crippen molar-refractivity contribution >= 4 is 32.6 Å². The zero-order valence-electron chi connectivity index (χ0n) is 9.18. The molecule has 7 heteroatoms. The molecule has 90 valence electrons. The van der Waals surface area contributed by atoms with E-state index in [1.165, 1.54) is 11.5 Å². The summed E-state index contributed by atoms with van der Waals surface area (Å²) < 4.78 is 10.1. The second kappa shape index (κ2) is 6.04. The van der Waals surface area contributed by atoms with Gasteiger partial charge in [0, 0.05) is 47.6 Å². The highest BCUT2D eigenvalue weighted by atomic mass is 79.9. The van der Waals surface area contributed by atoms with E-state index in [0.29, 0.717) is 12.4 Å². The lowest BCUT2D eigenvalue weighted by Gasteiger charge is -1.99. The highest BCUT2D eigenvalue weighted by molar-refractivity contribution is 9.10. The van der Waals surface area contributed by atoms with Gasteiger partial charge in [-0.15, -0.1) is 0 Å². The normalized spacial score (nSPS) is 10.5. The molecule has 5 nitrogen and oxygen atoms in total. The predicted octanol–water partition coefficient (Wildman–Crippen LogP) is 2.42. The van der Waals surface area contributed by atoms with Crippen molar-refractivity contribution in [3.8, 4) is 11.4 Å². The van der Waals surface area contributed by atoms with Gasteiger partial charge in [-0.1, -0.05) is 0 Å². The third kappa shape index (κ3) is 3.45. The van der Waals surface area contributed by atoms with E-state index < -0.39 is 0 Å². The third-order valence-electron chi connectivity index (χ3n) is 1.97. The van der Waals surface area contributed by atoms with Crippen LogP contribution in [0.15, 0.2) is 22.9 Å². The second-order valence-electron chi connectivity index (χ2n) is 3.23. The van der Waals surface area contributed by atoms with E-state index in [2.05, 4.69) is 35.6 Å². The number of halogens is 1. The van der Waals surface area contributed by atoms with Crippen molar-refractivity contribution in [3.63, 3.8) is 0 Å². The molecule has 0 bridgehead atoms. The summed E-state index contributed by atoms with van der Waals surface area (Å²) in [6.07, 6.45) is 3.47. The summed E-state index contributed by atoms with van der Waals surface area (Å²) in [6, 6.07) is 1.94. The van der Waals surface area contributed by atoms with Gasteiger partial charge in [-0.05, 0) is 22.0 Å². The Balaban J connectivity index is 2.07. The number of pyridine rings is 1. The number of nitrogens with one attached hydrogen (secondary N) is 1. The molecule has 0 radical (unpaired) electrons. The number of hydrogen-bond acceptors (Lipinski definition) is 6. The van der Waals surface area contributed by atoms with Gasteiger partial charge < -0.3 is 10.1 Å². The molecule has 0 spiro atoms. The van der Waals surface area contributed by atoms with Crippen LogP contribution in [0.4, 0.5) is 5.13 Å². The van der Waals surface area contributed by atoms with Crippen LogP contribution >= 0.6 is 27.5 Å². The van der Waals surface area contributed by atoms with Gasteiger partial charge in [0.2, 0.25) is 5.13 Å². The largest absolute Gasteiger partial charge is 0.383 e. The van der Waals surface area contributed by atoms with Crippen LogP contribution in [0.25, 0.3) is 11.4 Å². The van der Waals surface area contributed by atoms with E-state index in [4.69, 9.17) is 4.74 Å². The molecule has 0 atom stereocenters. The highest BCUT2D eigenvalue weighted by Gasteiger charge is 2.06. The van der Waals surface area contributed by atoms with Gasteiger partial charge in [0.1, 0.15) is 0 Å². The molecule has 17 heavy (non-hydrogen) atoms. The first-order valence-electron chi connectivity index (χ1n) is 4.97. The van der Waals surface area contributed by atoms with Crippen LogP contribution in [-0.4, -0.2) is 34.6 Å². The fraction of sp³-hybridized carbons (Fsp3) is 0.300. The van der Waals surface area contributed by atoms with Crippen molar-refractivity contribution in [2.45, 2.75) is 0 Å². The number of rotatable bonds is 5. The van der Waals surface area contributed by atoms with Gasteiger partial charge in [-0.3, -0.25) is 4.98 Å². The van der Waals surface area contributed by atoms with Crippen molar-refractivity contribution in [2.24, 2.45) is 0 Å². The van der Waals surface area contributed by atoms with Crippen LogP contribution in [0.2, 0.25) is 0 Å². The minimum atomic E-state index is 0.646. The van der Waals surface area contributed by atoms with Gasteiger partial charge in [0.15, 0.2) is 5.82 Å². The molecule has 0 aliphatic carbocycles. The molecular formula is C10H11BrN4OS. The molecule has 0 aliphatic rings. The summed E-state index contributed by atoms with van der Waals surface area (Å²) in [5, 5.41) is 3.93. The van der Waals surface area contributed by atoms with Gasteiger partial charge in [0.05, 0.1) is 6.61 Å². The minimum Gasteiger partial charge on any atom is -0.383 e. The molecule has 0 fully saturated rings. The number of anilines is 1. The van der Waals surface area contributed by atoms with E-state index in [-0.39, 0.29) is 0 Å². The second-order valence-corrected chi connectivity index (χ2v) is 4.90. The summed E-state index contributed by atoms with van der Waals surface area (Å²) in [4.78, 5) is 8.46. The van der Waals surface area contributed by atoms with Crippen molar-refractivity contribution in [1.29, 1.82) is 0 Å². The van der Waals surface area contributed by atoms with Crippen LogP contribution in [0, 0.1) is 0 Å². The molecule has 0 saturated heterocycles. The van der Waals surface area contributed by atoms with Crippen LogP contribution in [0.3, 0.4) is 0 Å². The number of nitrogens with zero attached hydrogens (tertiary/aromatic N) is 3. The Labute approximate surface area is 112 Å². The molecule has 2 heterocycles. The average Bonchev–Trinajstić information content (AvgIpc) is 2.78. The number of hydrogen-bond donors (Lipinski definition) is 1. The molecule has 0 amide bonds. The van der Waals surface area contributed by atoms with Gasteiger partial charge in [-0.2, -0.15) is 9.36 Å². The van der Waals surface area contributed by atoms with Gasteiger partial charge in [0.25, 0.3) is 0 Å². The van der Waals surface area contributed by atoms with E-state index in [0.717, 1.165) is 21.7 Å². The molecule has 0 saturated carbocycles. The zero-order chi connectivity index (χ0) is 12.1. The molecule has 0 aliphatic heterocycles. The highest BCUT2D eigenvalue weighted by Crippen LogP contribution is 2.22. The quantitative estimate of drug-likeness (QED) is 0.859. The Morgan fingerprint density at radius 1 is 1.47 bits per heavy atom. The smallest absolute Gasteiger partial charge is 0.202 e.